The van der Waals surface area contributed by atoms with Gasteiger partial charge >= 0.3 is 26.7 Å². The van der Waals surface area contributed by atoms with Crippen LogP contribution in [0.15, 0.2) is 11.8 Å². The molecule has 0 fully saturated rings. The van der Waals surface area contributed by atoms with Gasteiger partial charge in [0.05, 0.1) is 6.61 Å². The number of aliphatic hydroxyl groups excluding tert-OH is 4. The fourth-order valence-electron chi connectivity index (χ4n) is 2.32. The first kappa shape index (κ1) is 27.3. The van der Waals surface area contributed by atoms with Crippen LogP contribution in [-0.2, 0) is 43.9 Å². The zero-order valence-electron chi connectivity index (χ0n) is 15.0. The average Bonchev–Trinajstić information content (AvgIpc) is 2.63. The van der Waals surface area contributed by atoms with Gasteiger partial charge in [-0.25, -0.2) is 8.98 Å². The van der Waals surface area contributed by atoms with Gasteiger partial charge in [-0.15, -0.1) is 0 Å². The van der Waals surface area contributed by atoms with Gasteiger partial charge in [0, 0.05) is 0 Å². The van der Waals surface area contributed by atoms with Gasteiger partial charge < -0.3 is 39.8 Å². The quantitative estimate of drug-likeness (QED) is 0.0924. The van der Waals surface area contributed by atoms with E-state index in [0.29, 0.717) is 6.08 Å². The Morgan fingerprint density at radius 3 is 2.26 bits per heavy atom. The van der Waals surface area contributed by atoms with Gasteiger partial charge in [0.15, 0.2) is 6.10 Å². The van der Waals surface area contributed by atoms with E-state index in [1.54, 1.807) is 0 Å². The predicted octanol–water partition coefficient (Wildman–Crippen LogP) is -5.08. The minimum Gasteiger partial charge on any atom is -0.475 e. The van der Waals surface area contributed by atoms with Gasteiger partial charge in [-0.1, -0.05) is 0 Å². The second kappa shape index (κ2) is 10.7. The standard InChI is InChI=1S/C12H19NO16S2/c14-2-4(13-30(21,22)23)8(18)9(6(17)3-15)28-12-10(29-31(24,25)26)5(16)1-7(27-12)11(19)20/h1-2,4-6,8-10,12-13,15-18H,3H2,(H,19,20)(H,21,22,23)(H,24,25,26)/t4-,5-,6+,8-,9+,10+,12-/m0/s1. The lowest BCUT2D eigenvalue weighted by Gasteiger charge is -2.37. The van der Waals surface area contributed by atoms with E-state index >= 15 is 0 Å². The lowest BCUT2D eigenvalue weighted by Crippen LogP contribution is -2.57. The number of ether oxygens (including phenoxy) is 2. The summed E-state index contributed by atoms with van der Waals surface area (Å²) in [5.74, 6) is -2.82. The molecule has 0 aromatic heterocycles. The van der Waals surface area contributed by atoms with E-state index in [-0.39, 0.29) is 6.29 Å². The SMILES string of the molecule is O=C[C@H](NS(=O)(=O)O)[C@H](O)[C@H](O[C@@H]1OC(C(=O)O)=C[C@H](O)[C@H]1OS(=O)(=O)O)[C@H](O)CO. The largest absolute Gasteiger partial charge is 0.475 e. The molecular weight excluding hydrogens is 478 g/mol. The van der Waals surface area contributed by atoms with Gasteiger partial charge in [-0.05, 0) is 6.08 Å². The Kier molecular flexibility index (Phi) is 9.40. The van der Waals surface area contributed by atoms with Crippen LogP contribution in [0, 0.1) is 0 Å². The van der Waals surface area contributed by atoms with Crippen LogP contribution in [0.2, 0.25) is 0 Å². The van der Waals surface area contributed by atoms with Gasteiger partial charge in [0.2, 0.25) is 12.0 Å². The van der Waals surface area contributed by atoms with E-state index in [9.17, 15) is 41.7 Å². The number of aldehydes is 1. The topological polar surface area (TPSA) is 284 Å². The zero-order valence-corrected chi connectivity index (χ0v) is 16.7. The molecule has 0 amide bonds. The van der Waals surface area contributed by atoms with Gasteiger partial charge in [-0.2, -0.15) is 21.6 Å². The summed E-state index contributed by atoms with van der Waals surface area (Å²) in [6.07, 6.45) is -13.3. The number of nitrogens with one attached hydrogen (secondary N) is 1. The van der Waals surface area contributed by atoms with Crippen molar-refractivity contribution >= 4 is 33.0 Å². The molecule has 1 rings (SSSR count). The van der Waals surface area contributed by atoms with Crippen LogP contribution < -0.4 is 4.72 Å². The maximum absolute atomic E-state index is 11.1. The van der Waals surface area contributed by atoms with Crippen molar-refractivity contribution < 1.29 is 74.7 Å². The summed E-state index contributed by atoms with van der Waals surface area (Å²) in [4.78, 5) is 22.2. The number of carbonyl (C=O) groups is 2. The van der Waals surface area contributed by atoms with Crippen LogP contribution in [0.25, 0.3) is 0 Å². The first-order valence-corrected chi connectivity index (χ1v) is 10.7. The van der Waals surface area contributed by atoms with Gasteiger partial charge in [0.1, 0.15) is 36.7 Å². The second-order valence-corrected chi connectivity index (χ2v) is 8.13. The van der Waals surface area contributed by atoms with Crippen molar-refractivity contribution in [2.75, 3.05) is 6.61 Å². The lowest BCUT2D eigenvalue weighted by molar-refractivity contribution is -0.251. The predicted molar refractivity (Wildman–Crippen MR) is 91.5 cm³/mol. The Balaban J connectivity index is 3.31. The summed E-state index contributed by atoms with van der Waals surface area (Å²) in [5.41, 5.74) is 0. The average molecular weight is 497 g/mol. The van der Waals surface area contributed by atoms with Crippen LogP contribution in [0.3, 0.4) is 0 Å². The monoisotopic (exact) mass is 497 g/mol. The first-order chi connectivity index (χ1) is 14.1. The Hall–Kier alpha value is -1.78. The fourth-order valence-corrected chi connectivity index (χ4v) is 3.35. The summed E-state index contributed by atoms with van der Waals surface area (Å²) in [7, 11) is -10.4. The number of hydrogen-bond acceptors (Lipinski definition) is 13. The molecular formula is C12H19NO16S2. The van der Waals surface area contributed by atoms with E-state index < -0.39 is 81.9 Å². The molecule has 0 radical (unpaired) electrons. The Bertz CT molecular complexity index is 884. The highest BCUT2D eigenvalue weighted by molar-refractivity contribution is 7.83. The molecule has 1 aliphatic rings. The molecule has 180 valence electrons. The summed E-state index contributed by atoms with van der Waals surface area (Å²) in [6, 6.07) is -2.20. The molecule has 0 aromatic rings. The molecule has 0 unspecified atom stereocenters. The van der Waals surface area contributed by atoms with Crippen LogP contribution in [0.5, 0.6) is 0 Å². The fraction of sp³-hybridized carbons (Fsp3) is 0.667. The molecule has 7 atom stereocenters. The Morgan fingerprint density at radius 1 is 1.26 bits per heavy atom. The highest BCUT2D eigenvalue weighted by Gasteiger charge is 2.45. The summed E-state index contributed by atoms with van der Waals surface area (Å²) in [5, 5.41) is 48.1. The van der Waals surface area contributed by atoms with Crippen molar-refractivity contribution in [3.63, 3.8) is 0 Å². The van der Waals surface area contributed by atoms with E-state index in [1.807, 2.05) is 0 Å². The van der Waals surface area contributed by atoms with E-state index in [1.165, 1.54) is 4.72 Å². The summed E-state index contributed by atoms with van der Waals surface area (Å²) >= 11 is 0. The maximum Gasteiger partial charge on any atom is 0.397 e. The van der Waals surface area contributed by atoms with Crippen molar-refractivity contribution in [3.05, 3.63) is 11.8 Å². The molecule has 19 heteroatoms. The minimum absolute atomic E-state index is 0.246. The number of carboxylic acids is 1. The number of aliphatic hydroxyl groups is 4. The third-order valence-electron chi connectivity index (χ3n) is 3.61. The van der Waals surface area contributed by atoms with Crippen LogP contribution >= 0.6 is 0 Å². The van der Waals surface area contributed by atoms with Gasteiger partial charge in [0.25, 0.3) is 0 Å². The molecule has 17 nitrogen and oxygen atoms in total. The molecule has 0 aromatic carbocycles. The number of carboxylic acid groups (broad SMARTS) is 1. The minimum atomic E-state index is -5.31. The number of carbonyl (C=O) groups excluding carboxylic acids is 1. The maximum atomic E-state index is 11.1. The zero-order chi connectivity index (χ0) is 24.1. The van der Waals surface area contributed by atoms with Crippen molar-refractivity contribution in [2.45, 2.75) is 42.9 Å². The van der Waals surface area contributed by atoms with Crippen LogP contribution in [0.4, 0.5) is 0 Å². The third kappa shape index (κ3) is 8.34. The second-order valence-electron chi connectivity index (χ2n) is 5.90. The van der Waals surface area contributed by atoms with E-state index in [4.69, 9.17) is 28.8 Å². The van der Waals surface area contributed by atoms with Crippen LogP contribution in [0.1, 0.15) is 0 Å². The van der Waals surface area contributed by atoms with Crippen molar-refractivity contribution in [2.24, 2.45) is 0 Å². The molecule has 1 heterocycles. The van der Waals surface area contributed by atoms with Crippen molar-refractivity contribution in [1.29, 1.82) is 0 Å². The highest BCUT2D eigenvalue weighted by Crippen LogP contribution is 2.26. The molecule has 31 heavy (non-hydrogen) atoms. The smallest absolute Gasteiger partial charge is 0.397 e. The van der Waals surface area contributed by atoms with Crippen LogP contribution in [-0.4, -0.2) is 113 Å². The van der Waals surface area contributed by atoms with Gasteiger partial charge in [-0.3, -0.25) is 9.11 Å². The number of rotatable bonds is 12. The third-order valence-corrected chi connectivity index (χ3v) is 4.64. The summed E-state index contributed by atoms with van der Waals surface area (Å²) in [6.45, 7) is -1.21. The molecule has 8 N–H and O–H groups in total. The van der Waals surface area contributed by atoms with Crippen molar-refractivity contribution in [3.8, 4) is 0 Å². The molecule has 0 aliphatic carbocycles. The number of hydrogen-bond donors (Lipinski definition) is 8. The molecule has 1 aliphatic heterocycles. The normalized spacial score (nSPS) is 26.1. The Morgan fingerprint density at radius 2 is 1.84 bits per heavy atom. The molecule has 0 spiro atoms. The van der Waals surface area contributed by atoms with Crippen molar-refractivity contribution in [1.82, 2.24) is 4.72 Å². The lowest BCUT2D eigenvalue weighted by atomic mass is 10.0. The van der Waals surface area contributed by atoms with E-state index in [2.05, 4.69) is 4.18 Å². The Labute approximate surface area is 174 Å². The molecule has 0 saturated heterocycles. The molecule has 0 bridgehead atoms. The highest BCUT2D eigenvalue weighted by atomic mass is 32.3. The molecule has 0 saturated carbocycles. The number of aliphatic carboxylic acids is 1. The summed E-state index contributed by atoms with van der Waals surface area (Å²) < 4.78 is 76.6. The van der Waals surface area contributed by atoms with E-state index in [0.717, 1.165) is 0 Å². The first-order valence-electron chi connectivity index (χ1n) is 7.87.